The fraction of sp³-hybridized carbons (Fsp3) is 0.241. The maximum atomic E-state index is 14.0. The van der Waals surface area contributed by atoms with Gasteiger partial charge in [0.15, 0.2) is 0 Å². The van der Waals surface area contributed by atoms with Gasteiger partial charge in [0, 0.05) is 23.7 Å². The molecular formula is C29H27ClFN3O3. The Bertz CT molecular complexity index is 1370. The second-order valence-corrected chi connectivity index (χ2v) is 9.44. The molecule has 37 heavy (non-hydrogen) atoms. The van der Waals surface area contributed by atoms with Gasteiger partial charge in [-0.25, -0.2) is 9.07 Å². The first-order valence-corrected chi connectivity index (χ1v) is 12.6. The van der Waals surface area contributed by atoms with E-state index < -0.39 is 5.82 Å². The lowest BCUT2D eigenvalue weighted by molar-refractivity contribution is 0.0505. The van der Waals surface area contributed by atoms with Crippen LogP contribution in [0.4, 0.5) is 4.39 Å². The third-order valence-corrected chi connectivity index (χ3v) is 6.57. The van der Waals surface area contributed by atoms with E-state index in [0.29, 0.717) is 29.8 Å². The Labute approximate surface area is 220 Å². The van der Waals surface area contributed by atoms with E-state index in [4.69, 9.17) is 26.2 Å². The molecule has 1 atom stereocenters. The number of benzene rings is 3. The highest BCUT2D eigenvalue weighted by Gasteiger charge is 2.28. The molecule has 1 fully saturated rings. The van der Waals surface area contributed by atoms with Crippen LogP contribution in [0.5, 0.6) is 11.6 Å². The highest BCUT2D eigenvalue weighted by Crippen LogP contribution is 2.33. The van der Waals surface area contributed by atoms with Crippen LogP contribution < -0.4 is 4.74 Å². The van der Waals surface area contributed by atoms with E-state index in [0.717, 1.165) is 29.8 Å². The zero-order valence-corrected chi connectivity index (χ0v) is 21.2. The summed E-state index contributed by atoms with van der Waals surface area (Å²) in [6, 6.07) is 22.5. The molecule has 190 valence electrons. The van der Waals surface area contributed by atoms with Gasteiger partial charge in [0.2, 0.25) is 5.88 Å². The van der Waals surface area contributed by atoms with E-state index in [-0.39, 0.29) is 24.1 Å². The van der Waals surface area contributed by atoms with Crippen LogP contribution in [-0.4, -0.2) is 39.8 Å². The average Bonchev–Trinajstić information content (AvgIpc) is 3.53. The maximum Gasteiger partial charge on any atom is 0.254 e. The summed E-state index contributed by atoms with van der Waals surface area (Å²) in [7, 11) is 0. The van der Waals surface area contributed by atoms with Gasteiger partial charge in [-0.2, -0.15) is 5.10 Å². The number of rotatable bonds is 8. The van der Waals surface area contributed by atoms with Gasteiger partial charge in [-0.3, -0.25) is 4.79 Å². The smallest absolute Gasteiger partial charge is 0.254 e. The molecule has 1 aliphatic heterocycles. The van der Waals surface area contributed by atoms with Crippen LogP contribution in [0.3, 0.4) is 0 Å². The zero-order chi connectivity index (χ0) is 25.8. The Kier molecular flexibility index (Phi) is 7.53. The van der Waals surface area contributed by atoms with Crippen LogP contribution in [0.2, 0.25) is 5.02 Å². The second kappa shape index (κ2) is 11.2. The van der Waals surface area contributed by atoms with Crippen molar-refractivity contribution in [1.29, 1.82) is 0 Å². The quantitative estimate of drug-likeness (QED) is 0.263. The fourth-order valence-corrected chi connectivity index (χ4v) is 4.56. The molecule has 8 heteroatoms. The van der Waals surface area contributed by atoms with Crippen LogP contribution in [0.1, 0.15) is 34.5 Å². The molecule has 3 aromatic carbocycles. The molecule has 1 amide bonds. The van der Waals surface area contributed by atoms with Crippen LogP contribution in [-0.2, 0) is 11.3 Å². The molecule has 1 aromatic heterocycles. The van der Waals surface area contributed by atoms with Crippen LogP contribution in [0.15, 0.2) is 78.9 Å². The number of aromatic nitrogens is 2. The second-order valence-electron chi connectivity index (χ2n) is 9.00. The lowest BCUT2D eigenvalue weighted by atomic mass is 10.1. The molecule has 0 N–H and O–H groups in total. The Morgan fingerprint density at radius 1 is 1.14 bits per heavy atom. The normalized spacial score (nSPS) is 15.1. The average molecular weight is 520 g/mol. The van der Waals surface area contributed by atoms with E-state index in [1.807, 2.05) is 37.3 Å². The third-order valence-electron chi connectivity index (χ3n) is 6.32. The molecule has 0 aliphatic carbocycles. The van der Waals surface area contributed by atoms with Crippen molar-refractivity contribution in [3.8, 4) is 17.3 Å². The SMILES string of the molecule is Cc1nn(-c2ccccc2)c(Oc2ccc(Cl)cc2)c1CN(C[C@@H]1CCCO1)C(=O)c1cccc(F)c1. The van der Waals surface area contributed by atoms with Crippen molar-refractivity contribution in [2.24, 2.45) is 0 Å². The van der Waals surface area contributed by atoms with Crippen molar-refractivity contribution in [3.05, 3.63) is 107 Å². The molecule has 5 rings (SSSR count). The number of carbonyl (C=O) groups is 1. The van der Waals surface area contributed by atoms with E-state index in [9.17, 15) is 9.18 Å². The summed E-state index contributed by atoms with van der Waals surface area (Å²) in [6.07, 6.45) is 1.73. The maximum absolute atomic E-state index is 14.0. The fourth-order valence-electron chi connectivity index (χ4n) is 4.43. The van der Waals surface area contributed by atoms with Crippen LogP contribution >= 0.6 is 11.6 Å². The Hall–Kier alpha value is -3.68. The number of nitrogens with zero attached hydrogens (tertiary/aromatic N) is 3. The molecule has 4 aromatic rings. The minimum atomic E-state index is -0.456. The van der Waals surface area contributed by atoms with E-state index >= 15 is 0 Å². The minimum absolute atomic E-state index is 0.0809. The monoisotopic (exact) mass is 519 g/mol. The highest BCUT2D eigenvalue weighted by molar-refractivity contribution is 6.30. The summed E-state index contributed by atoms with van der Waals surface area (Å²) in [6.45, 7) is 3.16. The first-order chi connectivity index (χ1) is 18.0. The molecule has 0 saturated carbocycles. The van der Waals surface area contributed by atoms with Gasteiger partial charge in [0.25, 0.3) is 5.91 Å². The lowest BCUT2D eigenvalue weighted by Crippen LogP contribution is -2.37. The molecule has 2 heterocycles. The van der Waals surface area contributed by atoms with E-state index in [1.54, 1.807) is 46.0 Å². The number of ether oxygens (including phenoxy) is 2. The van der Waals surface area contributed by atoms with Crippen LogP contribution in [0.25, 0.3) is 5.69 Å². The lowest BCUT2D eigenvalue weighted by Gasteiger charge is -2.26. The van der Waals surface area contributed by atoms with E-state index in [1.165, 1.54) is 12.1 Å². The van der Waals surface area contributed by atoms with Gasteiger partial charge in [0.1, 0.15) is 11.6 Å². The summed E-state index contributed by atoms with van der Waals surface area (Å²) < 4.78 is 27.9. The zero-order valence-electron chi connectivity index (χ0n) is 20.4. The molecule has 1 aliphatic rings. The molecular weight excluding hydrogens is 493 g/mol. The first kappa shape index (κ1) is 25.0. The number of carbonyl (C=O) groups excluding carboxylic acids is 1. The number of halogens is 2. The van der Waals surface area contributed by atoms with E-state index in [2.05, 4.69) is 0 Å². The number of hydrogen-bond acceptors (Lipinski definition) is 4. The standard InChI is InChI=1S/C29H27ClFN3O3/c1-20-27(19-33(18-26-11-6-16-36-26)28(35)21-7-5-8-23(31)17-21)29(37-25-14-12-22(30)13-15-25)34(32-20)24-9-3-2-4-10-24/h2-5,7-10,12-15,17,26H,6,11,16,18-19H2,1H3/t26-/m0/s1. The summed E-state index contributed by atoms with van der Waals surface area (Å²) in [5, 5.41) is 5.36. The predicted octanol–water partition coefficient (Wildman–Crippen LogP) is 6.59. The Balaban J connectivity index is 1.54. The summed E-state index contributed by atoms with van der Waals surface area (Å²) in [5.41, 5.74) is 2.58. The topological polar surface area (TPSA) is 56.6 Å². The molecule has 0 spiro atoms. The van der Waals surface area contributed by atoms with Gasteiger partial charge in [-0.05, 0) is 74.4 Å². The predicted molar refractivity (Wildman–Crippen MR) is 140 cm³/mol. The molecule has 0 radical (unpaired) electrons. The molecule has 6 nitrogen and oxygen atoms in total. The van der Waals surface area contributed by atoms with Gasteiger partial charge >= 0.3 is 0 Å². The summed E-state index contributed by atoms with van der Waals surface area (Å²) in [5.74, 6) is 0.349. The number of aryl methyl sites for hydroxylation is 1. The van der Waals surface area contributed by atoms with Crippen molar-refractivity contribution in [2.75, 3.05) is 13.2 Å². The van der Waals surface area contributed by atoms with Crippen molar-refractivity contribution in [1.82, 2.24) is 14.7 Å². The van der Waals surface area contributed by atoms with Crippen molar-refractivity contribution in [2.45, 2.75) is 32.4 Å². The highest BCUT2D eigenvalue weighted by atomic mass is 35.5. The number of hydrogen-bond donors (Lipinski definition) is 0. The Morgan fingerprint density at radius 2 is 1.92 bits per heavy atom. The largest absolute Gasteiger partial charge is 0.439 e. The van der Waals surface area contributed by atoms with Gasteiger partial charge < -0.3 is 14.4 Å². The summed E-state index contributed by atoms with van der Waals surface area (Å²) >= 11 is 6.08. The summed E-state index contributed by atoms with van der Waals surface area (Å²) in [4.78, 5) is 15.3. The van der Waals surface area contributed by atoms with Crippen molar-refractivity contribution >= 4 is 17.5 Å². The van der Waals surface area contributed by atoms with Crippen molar-refractivity contribution in [3.63, 3.8) is 0 Å². The minimum Gasteiger partial charge on any atom is -0.439 e. The molecule has 0 bridgehead atoms. The third kappa shape index (κ3) is 5.84. The number of amides is 1. The first-order valence-electron chi connectivity index (χ1n) is 12.2. The molecule has 0 unspecified atom stereocenters. The van der Waals surface area contributed by atoms with Gasteiger partial charge in [0.05, 0.1) is 29.6 Å². The number of para-hydroxylation sites is 1. The van der Waals surface area contributed by atoms with Crippen molar-refractivity contribution < 1.29 is 18.7 Å². The van der Waals surface area contributed by atoms with Crippen LogP contribution in [0, 0.1) is 12.7 Å². The Morgan fingerprint density at radius 3 is 2.62 bits per heavy atom. The van der Waals surface area contributed by atoms with Gasteiger partial charge in [-0.1, -0.05) is 35.9 Å². The molecule has 1 saturated heterocycles. The van der Waals surface area contributed by atoms with Gasteiger partial charge in [-0.15, -0.1) is 0 Å².